The molecule has 2 aromatic rings. The first-order chi connectivity index (χ1) is 10.1. The Morgan fingerprint density at radius 1 is 1.29 bits per heavy atom. The van der Waals surface area contributed by atoms with Crippen molar-refractivity contribution in [3.63, 3.8) is 0 Å². The van der Waals surface area contributed by atoms with Crippen molar-refractivity contribution in [2.75, 3.05) is 6.54 Å². The van der Waals surface area contributed by atoms with Gasteiger partial charge in [0.05, 0.1) is 6.54 Å². The summed E-state index contributed by atoms with van der Waals surface area (Å²) in [4.78, 5) is 13.0. The zero-order valence-corrected chi connectivity index (χ0v) is 12.0. The minimum atomic E-state index is -0.825. The maximum absolute atomic E-state index is 11.1. The van der Waals surface area contributed by atoms with Gasteiger partial charge in [0.1, 0.15) is 5.75 Å². The van der Waals surface area contributed by atoms with Crippen molar-refractivity contribution in [2.45, 2.75) is 31.8 Å². The van der Waals surface area contributed by atoms with E-state index in [2.05, 4.69) is 0 Å². The van der Waals surface area contributed by atoms with Crippen LogP contribution in [0.3, 0.4) is 0 Å². The van der Waals surface area contributed by atoms with E-state index in [1.165, 1.54) is 0 Å². The summed E-state index contributed by atoms with van der Waals surface area (Å²) < 4.78 is 0. The average Bonchev–Trinajstić information content (AvgIpc) is 3.29. The Morgan fingerprint density at radius 3 is 2.67 bits per heavy atom. The van der Waals surface area contributed by atoms with E-state index in [-0.39, 0.29) is 18.3 Å². The number of phenols is 1. The monoisotopic (exact) mass is 285 g/mol. The second kappa shape index (κ2) is 5.37. The molecule has 4 heteroatoms. The molecular weight excluding hydrogens is 266 g/mol. The second-order valence-electron chi connectivity index (χ2n) is 5.70. The van der Waals surface area contributed by atoms with Crippen molar-refractivity contribution in [3.05, 3.63) is 42.0 Å². The van der Waals surface area contributed by atoms with Gasteiger partial charge in [-0.2, -0.15) is 0 Å². The highest BCUT2D eigenvalue weighted by Crippen LogP contribution is 2.39. The van der Waals surface area contributed by atoms with Crippen LogP contribution in [0.4, 0.5) is 0 Å². The summed E-state index contributed by atoms with van der Waals surface area (Å²) in [5, 5.41) is 21.4. The molecule has 1 aliphatic carbocycles. The second-order valence-corrected chi connectivity index (χ2v) is 5.70. The quantitative estimate of drug-likeness (QED) is 0.886. The number of rotatable bonds is 5. The van der Waals surface area contributed by atoms with Crippen LogP contribution in [0.15, 0.2) is 36.4 Å². The molecule has 0 saturated heterocycles. The summed E-state index contributed by atoms with van der Waals surface area (Å²) in [6.07, 6.45) is 2.07. The number of phenolic OH excluding ortho intramolecular Hbond substituents is 1. The molecular formula is C17H19NO3. The zero-order valence-electron chi connectivity index (χ0n) is 12.0. The van der Waals surface area contributed by atoms with Crippen LogP contribution in [0.1, 0.15) is 31.4 Å². The van der Waals surface area contributed by atoms with E-state index < -0.39 is 5.97 Å². The molecule has 21 heavy (non-hydrogen) atoms. The van der Waals surface area contributed by atoms with Crippen molar-refractivity contribution in [1.29, 1.82) is 0 Å². The van der Waals surface area contributed by atoms with Gasteiger partial charge in [0.15, 0.2) is 0 Å². The van der Waals surface area contributed by atoms with Gasteiger partial charge in [-0.25, -0.2) is 0 Å². The van der Waals surface area contributed by atoms with Crippen LogP contribution in [-0.2, 0) is 4.79 Å². The molecule has 0 radical (unpaired) electrons. The Hall–Kier alpha value is -2.07. The fraction of sp³-hybridized carbons (Fsp3) is 0.353. The number of benzene rings is 2. The number of fused-ring (bicyclic) bond motifs is 1. The maximum atomic E-state index is 11.1. The zero-order chi connectivity index (χ0) is 15.0. The minimum absolute atomic E-state index is 0.0120. The number of aromatic hydroxyl groups is 1. The normalized spacial score (nSPS) is 16.3. The first-order valence-electron chi connectivity index (χ1n) is 7.26. The first-order valence-corrected chi connectivity index (χ1v) is 7.26. The number of hydrogen-bond donors (Lipinski definition) is 2. The molecule has 2 aromatic carbocycles. The summed E-state index contributed by atoms with van der Waals surface area (Å²) in [5.74, 6) is -0.564. The van der Waals surface area contributed by atoms with Crippen molar-refractivity contribution in [2.24, 2.45) is 0 Å². The number of nitrogens with zero attached hydrogens (tertiary/aromatic N) is 1. The molecule has 0 amide bonds. The standard InChI is InChI=1S/C17H19NO3/c1-11(18(10-16(19)20)13-7-8-13)14-9-6-12-4-2-3-5-15(12)17(14)21/h2-6,9,11,13,21H,7-8,10H2,1H3,(H,19,20). The van der Waals surface area contributed by atoms with Crippen LogP contribution < -0.4 is 0 Å². The minimum Gasteiger partial charge on any atom is -0.507 e. The molecule has 1 unspecified atom stereocenters. The summed E-state index contributed by atoms with van der Waals surface area (Å²) >= 11 is 0. The lowest BCUT2D eigenvalue weighted by Crippen LogP contribution is -2.34. The Balaban J connectivity index is 1.98. The van der Waals surface area contributed by atoms with E-state index in [1.54, 1.807) is 0 Å². The van der Waals surface area contributed by atoms with Crippen molar-refractivity contribution in [1.82, 2.24) is 4.90 Å². The molecule has 2 N–H and O–H groups in total. The highest BCUT2D eigenvalue weighted by molar-refractivity contribution is 5.89. The molecule has 0 spiro atoms. The molecule has 0 aliphatic heterocycles. The summed E-state index contributed by atoms with van der Waals surface area (Å²) in [6, 6.07) is 11.8. The number of carbonyl (C=O) groups is 1. The molecule has 3 rings (SSSR count). The van der Waals surface area contributed by atoms with E-state index in [9.17, 15) is 9.90 Å². The molecule has 0 bridgehead atoms. The fourth-order valence-corrected chi connectivity index (χ4v) is 2.93. The molecule has 0 aromatic heterocycles. The van der Waals surface area contributed by atoms with Gasteiger partial charge in [0.2, 0.25) is 0 Å². The summed E-state index contributed by atoms with van der Waals surface area (Å²) in [6.45, 7) is 1.98. The Labute approximate surface area is 123 Å². The smallest absolute Gasteiger partial charge is 0.317 e. The Kier molecular flexibility index (Phi) is 3.55. The highest BCUT2D eigenvalue weighted by Gasteiger charge is 2.34. The Morgan fingerprint density at radius 2 is 2.00 bits per heavy atom. The third-order valence-corrected chi connectivity index (χ3v) is 4.21. The van der Waals surface area contributed by atoms with Crippen molar-refractivity contribution in [3.8, 4) is 5.75 Å². The largest absolute Gasteiger partial charge is 0.507 e. The van der Waals surface area contributed by atoms with E-state index in [0.29, 0.717) is 6.04 Å². The van der Waals surface area contributed by atoms with Crippen LogP contribution in [0.5, 0.6) is 5.75 Å². The van der Waals surface area contributed by atoms with Gasteiger partial charge >= 0.3 is 5.97 Å². The number of carboxylic acid groups (broad SMARTS) is 1. The van der Waals surface area contributed by atoms with Gasteiger partial charge in [-0.1, -0.05) is 36.4 Å². The third-order valence-electron chi connectivity index (χ3n) is 4.21. The summed E-state index contributed by atoms with van der Waals surface area (Å²) in [5.41, 5.74) is 0.793. The lowest BCUT2D eigenvalue weighted by Gasteiger charge is -2.28. The topological polar surface area (TPSA) is 60.8 Å². The van der Waals surface area contributed by atoms with Gasteiger partial charge < -0.3 is 10.2 Å². The summed E-state index contributed by atoms with van der Waals surface area (Å²) in [7, 11) is 0. The third kappa shape index (κ3) is 2.72. The van der Waals surface area contributed by atoms with E-state index in [4.69, 9.17) is 5.11 Å². The van der Waals surface area contributed by atoms with Crippen molar-refractivity contribution < 1.29 is 15.0 Å². The van der Waals surface area contributed by atoms with Crippen LogP contribution in [-0.4, -0.2) is 33.7 Å². The van der Waals surface area contributed by atoms with Gasteiger partial charge in [0.25, 0.3) is 0 Å². The van der Waals surface area contributed by atoms with Crippen LogP contribution >= 0.6 is 0 Å². The molecule has 110 valence electrons. The van der Waals surface area contributed by atoms with Crippen molar-refractivity contribution >= 4 is 16.7 Å². The number of aliphatic carboxylic acids is 1. The molecule has 0 heterocycles. The number of carboxylic acids is 1. The highest BCUT2D eigenvalue weighted by atomic mass is 16.4. The predicted octanol–water partition coefficient (Wildman–Crippen LogP) is 3.16. The van der Waals surface area contributed by atoms with Gasteiger partial charge in [-0.15, -0.1) is 0 Å². The molecule has 1 saturated carbocycles. The van der Waals surface area contributed by atoms with E-state index in [0.717, 1.165) is 29.2 Å². The van der Waals surface area contributed by atoms with E-state index in [1.807, 2.05) is 48.2 Å². The van der Waals surface area contributed by atoms with Gasteiger partial charge in [-0.3, -0.25) is 9.69 Å². The van der Waals surface area contributed by atoms with Crippen LogP contribution in [0.2, 0.25) is 0 Å². The first kappa shape index (κ1) is 13.9. The van der Waals surface area contributed by atoms with Crippen LogP contribution in [0, 0.1) is 0 Å². The van der Waals surface area contributed by atoms with Crippen LogP contribution in [0.25, 0.3) is 10.8 Å². The maximum Gasteiger partial charge on any atom is 0.317 e. The molecule has 1 atom stereocenters. The molecule has 4 nitrogen and oxygen atoms in total. The molecule has 1 aliphatic rings. The average molecular weight is 285 g/mol. The van der Waals surface area contributed by atoms with Gasteiger partial charge in [0, 0.05) is 23.0 Å². The SMILES string of the molecule is CC(c1ccc2ccccc2c1O)N(CC(=O)O)C1CC1. The lowest BCUT2D eigenvalue weighted by atomic mass is 10.00. The fourth-order valence-electron chi connectivity index (χ4n) is 2.93. The lowest BCUT2D eigenvalue weighted by molar-refractivity contribution is -0.139. The predicted molar refractivity (Wildman–Crippen MR) is 81.4 cm³/mol. The van der Waals surface area contributed by atoms with E-state index >= 15 is 0 Å². The number of hydrogen-bond acceptors (Lipinski definition) is 3. The van der Waals surface area contributed by atoms with Gasteiger partial charge in [-0.05, 0) is 25.2 Å². The Bertz CT molecular complexity index is 679. The molecule has 1 fully saturated rings.